The number of fused-ring (bicyclic) bond motifs is 1. The number of ether oxygens (including phenoxy) is 1. The minimum Gasteiger partial charge on any atom is -0.459 e. The summed E-state index contributed by atoms with van der Waals surface area (Å²) in [6, 6.07) is 16.1. The Labute approximate surface area is 155 Å². The molecule has 0 saturated carbocycles. The van der Waals surface area contributed by atoms with Crippen LogP contribution in [0.3, 0.4) is 0 Å². The van der Waals surface area contributed by atoms with Gasteiger partial charge in [-0.15, -0.1) is 0 Å². The lowest BCUT2D eigenvalue weighted by Crippen LogP contribution is -2.31. The number of amides is 1. The highest BCUT2D eigenvalue weighted by Gasteiger charge is 2.15. The summed E-state index contributed by atoms with van der Waals surface area (Å²) < 4.78 is 10.7. The zero-order chi connectivity index (χ0) is 18.5. The number of para-hydroxylation sites is 1. The van der Waals surface area contributed by atoms with Gasteiger partial charge in [-0.05, 0) is 36.8 Å². The largest absolute Gasteiger partial charge is 0.459 e. The van der Waals surface area contributed by atoms with Gasteiger partial charge in [0, 0.05) is 10.4 Å². The van der Waals surface area contributed by atoms with Crippen molar-refractivity contribution in [3.05, 3.63) is 70.9 Å². The zero-order valence-corrected chi connectivity index (χ0v) is 15.0. The molecule has 134 valence electrons. The Morgan fingerprint density at radius 3 is 2.62 bits per heavy atom. The van der Waals surface area contributed by atoms with E-state index < -0.39 is 5.97 Å². The van der Waals surface area contributed by atoms with Crippen molar-refractivity contribution < 1.29 is 18.7 Å². The lowest BCUT2D eigenvalue weighted by atomic mass is 10.1. The minimum atomic E-state index is -0.473. The van der Waals surface area contributed by atoms with E-state index in [2.05, 4.69) is 5.32 Å². The van der Waals surface area contributed by atoms with Crippen LogP contribution in [0.5, 0.6) is 0 Å². The van der Waals surface area contributed by atoms with E-state index in [9.17, 15) is 9.59 Å². The highest BCUT2D eigenvalue weighted by atomic mass is 35.5. The lowest BCUT2D eigenvalue weighted by Gasteiger charge is -2.11. The van der Waals surface area contributed by atoms with Crippen LogP contribution in [0.1, 0.15) is 24.3 Å². The summed E-state index contributed by atoms with van der Waals surface area (Å²) in [6.07, 6.45) is 0.0869. The van der Waals surface area contributed by atoms with Crippen LogP contribution in [-0.4, -0.2) is 18.5 Å². The molecule has 1 atom stereocenters. The predicted molar refractivity (Wildman–Crippen MR) is 98.9 cm³/mol. The summed E-state index contributed by atoms with van der Waals surface area (Å²) >= 11 is 5.80. The maximum atomic E-state index is 12.0. The molecule has 3 rings (SSSR count). The van der Waals surface area contributed by atoms with E-state index in [4.69, 9.17) is 20.8 Å². The topological polar surface area (TPSA) is 68.5 Å². The summed E-state index contributed by atoms with van der Waals surface area (Å²) in [5.41, 5.74) is 1.54. The van der Waals surface area contributed by atoms with Gasteiger partial charge in [-0.3, -0.25) is 9.59 Å². The van der Waals surface area contributed by atoms with E-state index in [-0.39, 0.29) is 25.0 Å². The molecule has 0 radical (unpaired) electrons. The number of halogens is 1. The molecule has 1 heterocycles. The molecule has 0 unspecified atom stereocenters. The number of rotatable bonds is 6. The third-order valence-electron chi connectivity index (χ3n) is 3.87. The molecule has 0 aliphatic carbocycles. The van der Waals surface area contributed by atoms with Crippen LogP contribution >= 0.6 is 11.6 Å². The van der Waals surface area contributed by atoms with Crippen molar-refractivity contribution in [1.82, 2.24) is 5.32 Å². The number of nitrogens with one attached hydrogen (secondary N) is 1. The second-order valence-electron chi connectivity index (χ2n) is 5.94. The number of benzene rings is 2. The van der Waals surface area contributed by atoms with E-state index in [1.165, 1.54) is 0 Å². The number of furan rings is 1. The van der Waals surface area contributed by atoms with Crippen LogP contribution in [0, 0.1) is 0 Å². The second-order valence-corrected chi connectivity index (χ2v) is 6.38. The maximum absolute atomic E-state index is 12.0. The Hall–Kier alpha value is -2.79. The third kappa shape index (κ3) is 4.64. The molecule has 0 saturated heterocycles. The molecule has 0 spiro atoms. The first-order valence-corrected chi connectivity index (χ1v) is 8.57. The normalized spacial score (nSPS) is 11.9. The fraction of sp³-hybridized carbons (Fsp3) is 0.200. The number of hydrogen-bond donors (Lipinski definition) is 1. The van der Waals surface area contributed by atoms with Crippen LogP contribution in [-0.2, 0) is 20.7 Å². The lowest BCUT2D eigenvalue weighted by molar-refractivity contribution is -0.148. The molecule has 1 aromatic heterocycles. The first-order valence-electron chi connectivity index (χ1n) is 8.19. The van der Waals surface area contributed by atoms with Gasteiger partial charge < -0.3 is 14.5 Å². The summed E-state index contributed by atoms with van der Waals surface area (Å²) in [7, 11) is 0. The monoisotopic (exact) mass is 371 g/mol. The average molecular weight is 372 g/mol. The third-order valence-corrected chi connectivity index (χ3v) is 4.13. The first kappa shape index (κ1) is 18.0. The molecule has 5 nitrogen and oxygen atoms in total. The molecule has 26 heavy (non-hydrogen) atoms. The van der Waals surface area contributed by atoms with Gasteiger partial charge in [-0.25, -0.2) is 0 Å². The summed E-state index contributed by atoms with van der Waals surface area (Å²) in [5.74, 6) is -0.215. The van der Waals surface area contributed by atoms with Crippen molar-refractivity contribution in [2.24, 2.45) is 0 Å². The van der Waals surface area contributed by atoms with Gasteiger partial charge in [0.1, 0.15) is 11.3 Å². The highest BCUT2D eigenvalue weighted by molar-refractivity contribution is 6.30. The standard InChI is InChI=1S/C20H18ClNO4/c1-13(18-11-15-4-2-3-5-17(15)26-18)22-19(23)12-25-20(24)10-14-6-8-16(21)9-7-14/h2-9,11,13H,10,12H2,1H3,(H,22,23)/t13-/m1/s1. The van der Waals surface area contributed by atoms with Crippen molar-refractivity contribution in [2.45, 2.75) is 19.4 Å². The Kier molecular flexibility index (Phi) is 5.58. The van der Waals surface area contributed by atoms with Gasteiger partial charge in [0.25, 0.3) is 5.91 Å². The molecule has 6 heteroatoms. The Morgan fingerprint density at radius 1 is 1.15 bits per heavy atom. The van der Waals surface area contributed by atoms with Gasteiger partial charge in [0.15, 0.2) is 6.61 Å². The van der Waals surface area contributed by atoms with Crippen molar-refractivity contribution in [2.75, 3.05) is 6.61 Å². The summed E-state index contributed by atoms with van der Waals surface area (Å²) in [4.78, 5) is 23.8. The molecule has 0 aliphatic heterocycles. The molecule has 0 bridgehead atoms. The van der Waals surface area contributed by atoms with Crippen LogP contribution in [0.15, 0.2) is 59.0 Å². The SMILES string of the molecule is C[C@@H](NC(=O)COC(=O)Cc1ccc(Cl)cc1)c1cc2ccccc2o1. The predicted octanol–water partition coefficient (Wildman–Crippen LogP) is 4.05. The van der Waals surface area contributed by atoms with E-state index >= 15 is 0 Å². The molecule has 1 N–H and O–H groups in total. The van der Waals surface area contributed by atoms with Gasteiger partial charge in [-0.2, -0.15) is 0 Å². The molecule has 1 amide bonds. The maximum Gasteiger partial charge on any atom is 0.310 e. The Morgan fingerprint density at radius 2 is 1.88 bits per heavy atom. The molecular weight excluding hydrogens is 354 g/mol. The van der Waals surface area contributed by atoms with Crippen molar-refractivity contribution in [3.63, 3.8) is 0 Å². The van der Waals surface area contributed by atoms with E-state index in [0.29, 0.717) is 10.8 Å². The summed E-state index contributed by atoms with van der Waals surface area (Å²) in [6.45, 7) is 1.47. The average Bonchev–Trinajstić information content (AvgIpc) is 3.06. The quantitative estimate of drug-likeness (QED) is 0.664. The smallest absolute Gasteiger partial charge is 0.310 e. The van der Waals surface area contributed by atoms with Crippen LogP contribution in [0.2, 0.25) is 5.02 Å². The van der Waals surface area contributed by atoms with E-state index in [0.717, 1.165) is 16.5 Å². The number of esters is 1. The van der Waals surface area contributed by atoms with Crippen LogP contribution in [0.4, 0.5) is 0 Å². The van der Waals surface area contributed by atoms with Gasteiger partial charge >= 0.3 is 5.97 Å². The van der Waals surface area contributed by atoms with Gasteiger partial charge in [0.05, 0.1) is 12.5 Å². The van der Waals surface area contributed by atoms with Crippen molar-refractivity contribution in [1.29, 1.82) is 0 Å². The van der Waals surface area contributed by atoms with Crippen molar-refractivity contribution >= 4 is 34.4 Å². The highest BCUT2D eigenvalue weighted by Crippen LogP contribution is 2.23. The Bertz CT molecular complexity index is 884. The zero-order valence-electron chi connectivity index (χ0n) is 14.2. The summed E-state index contributed by atoms with van der Waals surface area (Å²) in [5, 5.41) is 4.33. The molecule has 0 aliphatic rings. The van der Waals surface area contributed by atoms with Gasteiger partial charge in [-0.1, -0.05) is 41.9 Å². The van der Waals surface area contributed by atoms with Crippen LogP contribution in [0.25, 0.3) is 11.0 Å². The van der Waals surface area contributed by atoms with E-state index in [1.54, 1.807) is 24.3 Å². The number of hydrogen-bond acceptors (Lipinski definition) is 4. The fourth-order valence-electron chi connectivity index (χ4n) is 2.54. The number of carbonyl (C=O) groups is 2. The van der Waals surface area contributed by atoms with Gasteiger partial charge in [0.2, 0.25) is 0 Å². The Balaban J connectivity index is 1.48. The van der Waals surface area contributed by atoms with E-state index in [1.807, 2.05) is 37.3 Å². The first-order chi connectivity index (χ1) is 12.5. The molecule has 0 fully saturated rings. The van der Waals surface area contributed by atoms with Crippen molar-refractivity contribution in [3.8, 4) is 0 Å². The number of carbonyl (C=O) groups excluding carboxylic acids is 2. The minimum absolute atomic E-state index is 0.0869. The second kappa shape index (κ2) is 8.06. The molecule has 3 aromatic rings. The fourth-order valence-corrected chi connectivity index (χ4v) is 2.66. The molecule has 2 aromatic carbocycles. The van der Waals surface area contributed by atoms with Crippen LogP contribution < -0.4 is 5.32 Å². The molecular formula is C20H18ClNO4.